The zero-order valence-electron chi connectivity index (χ0n) is 11.4. The molecule has 2 aliphatic rings. The van der Waals surface area contributed by atoms with Crippen LogP contribution in [-0.4, -0.2) is 30.0 Å². The van der Waals surface area contributed by atoms with Gasteiger partial charge in [-0.1, -0.05) is 31.0 Å². The van der Waals surface area contributed by atoms with E-state index < -0.39 is 0 Å². The van der Waals surface area contributed by atoms with E-state index >= 15 is 0 Å². The van der Waals surface area contributed by atoms with Crippen LogP contribution in [0.2, 0.25) is 0 Å². The molecule has 0 spiro atoms. The molecule has 1 aromatic rings. The summed E-state index contributed by atoms with van der Waals surface area (Å²) in [4.78, 5) is 14.5. The van der Waals surface area contributed by atoms with Gasteiger partial charge in [0.2, 0.25) is 0 Å². The molecule has 1 aromatic carbocycles. The van der Waals surface area contributed by atoms with Gasteiger partial charge < -0.3 is 4.74 Å². The van der Waals surface area contributed by atoms with E-state index in [1.54, 1.807) is 0 Å². The second kappa shape index (κ2) is 5.33. The lowest BCUT2D eigenvalue weighted by Gasteiger charge is -2.30. The number of fused-ring (bicyclic) bond motifs is 1. The highest BCUT2D eigenvalue weighted by Crippen LogP contribution is 2.39. The van der Waals surface area contributed by atoms with E-state index in [1.165, 1.54) is 25.7 Å². The summed E-state index contributed by atoms with van der Waals surface area (Å²) in [7, 11) is 2.08. The van der Waals surface area contributed by atoms with E-state index in [9.17, 15) is 4.79 Å². The van der Waals surface area contributed by atoms with Crippen molar-refractivity contribution in [3.8, 4) is 5.75 Å². The van der Waals surface area contributed by atoms with Crippen molar-refractivity contribution in [2.24, 2.45) is 5.92 Å². The molecular formula is C16H21NO2. The number of hydrogen-bond donors (Lipinski definition) is 0. The summed E-state index contributed by atoms with van der Waals surface area (Å²) in [6.45, 7) is 0. The van der Waals surface area contributed by atoms with E-state index in [2.05, 4.69) is 11.9 Å². The van der Waals surface area contributed by atoms with Gasteiger partial charge in [0.05, 0.1) is 0 Å². The van der Waals surface area contributed by atoms with Crippen molar-refractivity contribution in [1.82, 2.24) is 4.90 Å². The fraction of sp³-hybridized carbons (Fsp3) is 0.562. The Hall–Kier alpha value is -1.35. The van der Waals surface area contributed by atoms with Gasteiger partial charge in [-0.15, -0.1) is 0 Å². The summed E-state index contributed by atoms with van der Waals surface area (Å²) in [5, 5.41) is 0. The number of carbonyl (C=O) groups is 1. The Bertz CT molecular complexity index is 445. The number of likely N-dealkylation sites (N-methyl/N-ethyl adjacent to an activating group) is 1. The number of carbonyl (C=O) groups excluding carboxylic acids is 1. The van der Waals surface area contributed by atoms with Crippen molar-refractivity contribution in [3.63, 3.8) is 0 Å². The van der Waals surface area contributed by atoms with Crippen LogP contribution in [0.1, 0.15) is 32.1 Å². The molecule has 1 aliphatic heterocycles. The summed E-state index contributed by atoms with van der Waals surface area (Å²) in [5.41, 5.74) is 0. The fourth-order valence-electron chi connectivity index (χ4n) is 3.62. The minimum absolute atomic E-state index is 0.0618. The molecule has 3 nitrogen and oxygen atoms in total. The van der Waals surface area contributed by atoms with Gasteiger partial charge in [0.15, 0.2) is 0 Å². The van der Waals surface area contributed by atoms with Crippen molar-refractivity contribution in [1.29, 1.82) is 0 Å². The first-order valence-corrected chi connectivity index (χ1v) is 7.24. The van der Waals surface area contributed by atoms with Crippen molar-refractivity contribution >= 4 is 5.97 Å². The number of hydrogen-bond acceptors (Lipinski definition) is 3. The molecule has 1 saturated heterocycles. The molecule has 3 atom stereocenters. The summed E-state index contributed by atoms with van der Waals surface area (Å²) in [6, 6.07) is 9.89. The number of ether oxygens (including phenoxy) is 1. The molecule has 3 rings (SSSR count). The van der Waals surface area contributed by atoms with E-state index in [0.29, 0.717) is 17.7 Å². The summed E-state index contributed by atoms with van der Waals surface area (Å²) >= 11 is 0. The quantitative estimate of drug-likeness (QED) is 0.604. The number of likely N-dealkylation sites (tertiary alicyclic amines) is 1. The molecule has 0 amide bonds. The van der Waals surface area contributed by atoms with Crippen LogP contribution < -0.4 is 4.74 Å². The monoisotopic (exact) mass is 259 g/mol. The second-order valence-electron chi connectivity index (χ2n) is 5.76. The van der Waals surface area contributed by atoms with Crippen LogP contribution in [0.25, 0.3) is 0 Å². The zero-order valence-corrected chi connectivity index (χ0v) is 11.4. The largest absolute Gasteiger partial charge is 0.425 e. The van der Waals surface area contributed by atoms with Crippen LogP contribution in [0.5, 0.6) is 5.75 Å². The Balaban J connectivity index is 1.67. The van der Waals surface area contributed by atoms with Crippen molar-refractivity contribution < 1.29 is 9.53 Å². The third kappa shape index (κ3) is 2.52. The lowest BCUT2D eigenvalue weighted by atomic mass is 9.85. The minimum atomic E-state index is -0.0944. The second-order valence-corrected chi connectivity index (χ2v) is 5.76. The van der Waals surface area contributed by atoms with Gasteiger partial charge in [-0.3, -0.25) is 4.90 Å². The SMILES string of the molecule is CN1[C@H](C(=O)Oc2ccccc2)C[C@H]2CCCC[C@@H]21. The van der Waals surface area contributed by atoms with Gasteiger partial charge >= 0.3 is 5.97 Å². The highest BCUT2D eigenvalue weighted by molar-refractivity contribution is 5.78. The minimum Gasteiger partial charge on any atom is -0.425 e. The highest BCUT2D eigenvalue weighted by atomic mass is 16.5. The maximum atomic E-state index is 12.3. The average molecular weight is 259 g/mol. The Morgan fingerprint density at radius 3 is 2.68 bits per heavy atom. The van der Waals surface area contributed by atoms with Gasteiger partial charge in [0, 0.05) is 6.04 Å². The van der Waals surface area contributed by atoms with Crippen molar-refractivity contribution in [3.05, 3.63) is 30.3 Å². The van der Waals surface area contributed by atoms with Gasteiger partial charge in [0.1, 0.15) is 11.8 Å². The maximum Gasteiger partial charge on any atom is 0.328 e. The predicted molar refractivity (Wildman–Crippen MR) is 74.0 cm³/mol. The van der Waals surface area contributed by atoms with Crippen LogP contribution in [0, 0.1) is 5.92 Å². The number of esters is 1. The number of benzene rings is 1. The number of rotatable bonds is 2. The Kier molecular flexibility index (Phi) is 3.56. The molecule has 0 bridgehead atoms. The smallest absolute Gasteiger partial charge is 0.328 e. The van der Waals surface area contributed by atoms with Crippen LogP contribution >= 0.6 is 0 Å². The molecule has 1 saturated carbocycles. The molecule has 3 heteroatoms. The molecule has 0 radical (unpaired) electrons. The maximum absolute atomic E-state index is 12.3. The third-order valence-electron chi connectivity index (χ3n) is 4.64. The molecule has 0 unspecified atom stereocenters. The first kappa shape index (κ1) is 12.7. The van der Waals surface area contributed by atoms with Gasteiger partial charge in [0.25, 0.3) is 0 Å². The molecule has 102 valence electrons. The zero-order chi connectivity index (χ0) is 13.2. The van der Waals surface area contributed by atoms with Crippen LogP contribution in [-0.2, 0) is 4.79 Å². The first-order valence-electron chi connectivity index (χ1n) is 7.24. The standard InChI is InChI=1S/C16H21NO2/c1-17-14-10-6-5-7-12(14)11-15(17)16(18)19-13-8-3-2-4-9-13/h2-4,8-9,12,14-15H,5-7,10-11H2,1H3/t12-,14+,15+/m1/s1. The third-order valence-corrected chi connectivity index (χ3v) is 4.64. The summed E-state index contributed by atoms with van der Waals surface area (Å²) in [5.74, 6) is 1.24. The van der Waals surface area contributed by atoms with Crippen molar-refractivity contribution in [2.45, 2.75) is 44.2 Å². The normalized spacial score (nSPS) is 30.9. The summed E-state index contributed by atoms with van der Waals surface area (Å²) < 4.78 is 5.49. The van der Waals surface area contributed by atoms with E-state index in [-0.39, 0.29) is 12.0 Å². The Morgan fingerprint density at radius 1 is 1.21 bits per heavy atom. The lowest BCUT2D eigenvalue weighted by molar-refractivity contribution is -0.139. The Labute approximate surface area is 114 Å². The topological polar surface area (TPSA) is 29.5 Å². The summed E-state index contributed by atoms with van der Waals surface area (Å²) in [6.07, 6.45) is 6.08. The van der Waals surface area contributed by atoms with Gasteiger partial charge in [-0.05, 0) is 44.4 Å². The predicted octanol–water partition coefficient (Wildman–Crippen LogP) is 2.85. The Morgan fingerprint density at radius 2 is 1.95 bits per heavy atom. The van der Waals surface area contributed by atoms with Crippen molar-refractivity contribution in [2.75, 3.05) is 7.05 Å². The number of para-hydroxylation sites is 1. The number of nitrogens with zero attached hydrogens (tertiary/aromatic N) is 1. The molecule has 2 fully saturated rings. The van der Waals surface area contributed by atoms with E-state index in [1.807, 2.05) is 30.3 Å². The fourth-order valence-corrected chi connectivity index (χ4v) is 3.62. The molecule has 0 N–H and O–H groups in total. The van der Waals surface area contributed by atoms with Crippen LogP contribution in [0.15, 0.2) is 30.3 Å². The van der Waals surface area contributed by atoms with Gasteiger partial charge in [-0.2, -0.15) is 0 Å². The average Bonchev–Trinajstić information content (AvgIpc) is 2.78. The molecule has 1 heterocycles. The highest BCUT2D eigenvalue weighted by Gasteiger charge is 2.43. The van der Waals surface area contributed by atoms with E-state index in [4.69, 9.17) is 4.74 Å². The molecule has 1 aliphatic carbocycles. The molecule has 19 heavy (non-hydrogen) atoms. The molecular weight excluding hydrogens is 238 g/mol. The van der Waals surface area contributed by atoms with Crippen LogP contribution in [0.3, 0.4) is 0 Å². The van der Waals surface area contributed by atoms with Gasteiger partial charge in [-0.25, -0.2) is 4.79 Å². The van der Waals surface area contributed by atoms with E-state index in [0.717, 1.165) is 6.42 Å². The first-order chi connectivity index (χ1) is 9.25. The molecule has 0 aromatic heterocycles. The van der Waals surface area contributed by atoms with Crippen LogP contribution in [0.4, 0.5) is 0 Å². The lowest BCUT2D eigenvalue weighted by Crippen LogP contribution is -2.40.